The maximum Gasteiger partial charge on any atom is 0.326 e. The molecule has 12 nitrogen and oxygen atoms in total. The molecule has 0 saturated heterocycles. The van der Waals surface area contributed by atoms with E-state index in [9.17, 15) is 29.1 Å². The fraction of sp³-hybridized carbons (Fsp3) is 0.520. The van der Waals surface area contributed by atoms with E-state index in [1.165, 1.54) is 11.3 Å². The van der Waals surface area contributed by atoms with Gasteiger partial charge < -0.3 is 20.8 Å². The number of hydrogen-bond donors (Lipinski definition) is 6. The molecule has 1 unspecified atom stereocenters. The number of anilines is 2. The molecule has 0 fully saturated rings. The first-order chi connectivity index (χ1) is 17.7. The van der Waals surface area contributed by atoms with Crippen LogP contribution in [-0.2, 0) is 27.2 Å². The lowest BCUT2D eigenvalue weighted by atomic mass is 9.92. The van der Waals surface area contributed by atoms with Gasteiger partial charge in [0.15, 0.2) is 0 Å². The Hall–Kier alpha value is -3.74. The molecule has 13 heteroatoms. The predicted molar refractivity (Wildman–Crippen MR) is 142 cm³/mol. The third-order valence-electron chi connectivity index (χ3n) is 6.25. The molecule has 2 amide bonds. The fourth-order valence-electron chi connectivity index (χ4n) is 3.96. The van der Waals surface area contributed by atoms with Crippen molar-refractivity contribution in [2.45, 2.75) is 65.8 Å². The molecule has 1 aliphatic heterocycles. The number of aryl methyl sites for hydroxylation is 2. The quantitative estimate of drug-likeness (QED) is 0.259. The molecule has 0 spiro atoms. The largest absolute Gasteiger partial charge is 0.481 e. The maximum atomic E-state index is 12.7. The SMILES string of the molecule is Cc1cc(C(=O)N[C@@H](CCC(=O)O)C(=O)O)sc1CCC1CNc2nc(NC(=O)C(C)(C)C)[nH]c(=O)c2C1. The Morgan fingerprint density at radius 2 is 1.95 bits per heavy atom. The first-order valence-corrected chi connectivity index (χ1v) is 13.1. The smallest absolute Gasteiger partial charge is 0.326 e. The first-order valence-electron chi connectivity index (χ1n) is 12.3. The molecule has 2 aromatic rings. The third kappa shape index (κ3) is 7.40. The lowest BCUT2D eigenvalue weighted by Crippen LogP contribution is -2.40. The number of amides is 2. The monoisotopic (exact) mass is 547 g/mol. The van der Waals surface area contributed by atoms with Crippen LogP contribution < -0.4 is 21.5 Å². The van der Waals surface area contributed by atoms with E-state index in [2.05, 4.69) is 25.9 Å². The zero-order valence-electron chi connectivity index (χ0n) is 21.8. The van der Waals surface area contributed by atoms with Crippen molar-refractivity contribution in [2.75, 3.05) is 17.2 Å². The molecule has 3 rings (SSSR count). The summed E-state index contributed by atoms with van der Waals surface area (Å²) in [5.41, 5.74) is 0.490. The molecule has 0 radical (unpaired) electrons. The molecular weight excluding hydrogens is 514 g/mol. The van der Waals surface area contributed by atoms with Crippen molar-refractivity contribution in [1.29, 1.82) is 0 Å². The number of hydrogen-bond acceptors (Lipinski definition) is 8. The number of fused-ring (bicyclic) bond motifs is 1. The normalized spacial score (nSPS) is 15.6. The van der Waals surface area contributed by atoms with Crippen LogP contribution in [-0.4, -0.2) is 56.5 Å². The summed E-state index contributed by atoms with van der Waals surface area (Å²) in [6, 6.07) is 0.411. The van der Waals surface area contributed by atoms with E-state index in [-0.39, 0.29) is 36.2 Å². The minimum absolute atomic E-state index is 0.104. The second-order valence-corrected chi connectivity index (χ2v) is 11.6. The Bertz CT molecular complexity index is 1290. The summed E-state index contributed by atoms with van der Waals surface area (Å²) in [6.45, 7) is 7.76. The number of aromatic nitrogens is 2. The van der Waals surface area contributed by atoms with Gasteiger partial charge >= 0.3 is 11.9 Å². The van der Waals surface area contributed by atoms with Crippen molar-refractivity contribution >= 4 is 46.9 Å². The minimum atomic E-state index is -1.29. The summed E-state index contributed by atoms with van der Waals surface area (Å²) < 4.78 is 0. The van der Waals surface area contributed by atoms with Gasteiger partial charge in [-0.25, -0.2) is 4.79 Å². The molecule has 3 heterocycles. The van der Waals surface area contributed by atoms with Gasteiger partial charge in [0.2, 0.25) is 11.9 Å². The van der Waals surface area contributed by atoms with Crippen LogP contribution in [0.3, 0.4) is 0 Å². The molecule has 206 valence electrons. The molecule has 0 saturated carbocycles. The van der Waals surface area contributed by atoms with Gasteiger partial charge in [0.25, 0.3) is 11.5 Å². The third-order valence-corrected chi connectivity index (χ3v) is 7.55. The fourth-order valence-corrected chi connectivity index (χ4v) is 5.06. The highest BCUT2D eigenvalue weighted by molar-refractivity contribution is 7.14. The van der Waals surface area contributed by atoms with Crippen molar-refractivity contribution in [2.24, 2.45) is 11.3 Å². The van der Waals surface area contributed by atoms with Gasteiger partial charge in [-0.3, -0.25) is 29.5 Å². The summed E-state index contributed by atoms with van der Waals surface area (Å²) in [6.07, 6.45) is 1.35. The van der Waals surface area contributed by atoms with Gasteiger partial charge in [-0.15, -0.1) is 11.3 Å². The van der Waals surface area contributed by atoms with Crippen LogP contribution in [0.2, 0.25) is 0 Å². The summed E-state index contributed by atoms with van der Waals surface area (Å²) in [4.78, 5) is 68.0. The van der Waals surface area contributed by atoms with Crippen LogP contribution in [0.25, 0.3) is 0 Å². The van der Waals surface area contributed by atoms with Gasteiger partial charge in [0.05, 0.1) is 10.4 Å². The summed E-state index contributed by atoms with van der Waals surface area (Å²) in [5.74, 6) is -2.53. The Morgan fingerprint density at radius 1 is 1.24 bits per heavy atom. The van der Waals surface area contributed by atoms with E-state index in [1.54, 1.807) is 26.8 Å². The van der Waals surface area contributed by atoms with E-state index >= 15 is 0 Å². The highest BCUT2D eigenvalue weighted by Gasteiger charge is 2.27. The Kier molecular flexibility index (Phi) is 8.92. The van der Waals surface area contributed by atoms with Gasteiger partial charge in [-0.2, -0.15) is 4.98 Å². The van der Waals surface area contributed by atoms with Crippen LogP contribution in [0.15, 0.2) is 10.9 Å². The number of carbonyl (C=O) groups is 4. The number of H-pyrrole nitrogens is 1. The molecule has 6 N–H and O–H groups in total. The van der Waals surface area contributed by atoms with Crippen LogP contribution in [0.1, 0.15) is 65.7 Å². The zero-order chi connectivity index (χ0) is 28.2. The number of carboxylic acids is 2. The van der Waals surface area contributed by atoms with E-state index in [1.807, 2.05) is 6.92 Å². The van der Waals surface area contributed by atoms with Crippen LogP contribution in [0.5, 0.6) is 0 Å². The van der Waals surface area contributed by atoms with Crippen LogP contribution >= 0.6 is 11.3 Å². The lowest BCUT2D eigenvalue weighted by molar-refractivity contribution is -0.140. The van der Waals surface area contributed by atoms with Crippen molar-refractivity contribution in [3.63, 3.8) is 0 Å². The van der Waals surface area contributed by atoms with Crippen LogP contribution in [0.4, 0.5) is 11.8 Å². The van der Waals surface area contributed by atoms with E-state index in [4.69, 9.17) is 5.11 Å². The van der Waals surface area contributed by atoms with E-state index < -0.39 is 29.3 Å². The van der Waals surface area contributed by atoms with Crippen molar-refractivity contribution in [3.05, 3.63) is 37.3 Å². The summed E-state index contributed by atoms with van der Waals surface area (Å²) in [5, 5.41) is 26.3. The number of carbonyl (C=O) groups excluding carboxylic acids is 2. The van der Waals surface area contributed by atoms with Gasteiger partial charge in [0, 0.05) is 23.3 Å². The molecule has 0 bridgehead atoms. The number of carboxylic acid groups (broad SMARTS) is 2. The zero-order valence-corrected chi connectivity index (χ0v) is 22.6. The maximum absolute atomic E-state index is 12.7. The summed E-state index contributed by atoms with van der Waals surface area (Å²) in [7, 11) is 0. The van der Waals surface area contributed by atoms with Gasteiger partial charge in [-0.05, 0) is 50.2 Å². The summed E-state index contributed by atoms with van der Waals surface area (Å²) >= 11 is 1.27. The number of thiophene rings is 1. The topological polar surface area (TPSA) is 191 Å². The van der Waals surface area contributed by atoms with Crippen molar-refractivity contribution in [1.82, 2.24) is 15.3 Å². The average molecular weight is 548 g/mol. The Labute approximate surface area is 223 Å². The average Bonchev–Trinajstić information content (AvgIpc) is 3.20. The predicted octanol–water partition coefficient (Wildman–Crippen LogP) is 2.39. The molecule has 2 aromatic heterocycles. The second kappa shape index (κ2) is 11.8. The standard InChI is InChI=1S/C25H33N5O7S/c1-12-9-17(21(34)27-15(22(35)36)6-8-18(31)32)38-16(12)7-5-13-10-14-19(26-11-13)28-24(29-20(14)33)30-23(37)25(2,3)4/h9,13,15H,5-8,10-11H2,1-4H3,(H,27,34)(H,31,32)(H,35,36)(H3,26,28,29,30,33,37)/t13?,15-/m0/s1. The molecule has 0 aliphatic carbocycles. The van der Waals surface area contributed by atoms with Crippen molar-refractivity contribution < 1.29 is 29.4 Å². The molecule has 38 heavy (non-hydrogen) atoms. The van der Waals surface area contributed by atoms with E-state index in [0.717, 1.165) is 16.9 Å². The number of rotatable bonds is 10. The number of nitrogens with one attached hydrogen (secondary N) is 4. The Morgan fingerprint density at radius 3 is 2.58 bits per heavy atom. The molecule has 0 aromatic carbocycles. The molecule has 2 atom stereocenters. The number of aromatic amines is 1. The number of aliphatic carboxylic acids is 2. The Balaban J connectivity index is 1.61. The lowest BCUT2D eigenvalue weighted by Gasteiger charge is -2.25. The van der Waals surface area contributed by atoms with Crippen molar-refractivity contribution in [3.8, 4) is 0 Å². The highest BCUT2D eigenvalue weighted by Crippen LogP contribution is 2.28. The minimum Gasteiger partial charge on any atom is -0.481 e. The second-order valence-electron chi connectivity index (χ2n) is 10.4. The van der Waals surface area contributed by atoms with Gasteiger partial charge in [-0.1, -0.05) is 20.8 Å². The first kappa shape index (κ1) is 28.8. The van der Waals surface area contributed by atoms with Crippen LogP contribution in [0, 0.1) is 18.3 Å². The molecular formula is C25H33N5O7S. The number of nitrogens with zero attached hydrogens (tertiary/aromatic N) is 1. The molecule has 1 aliphatic rings. The van der Waals surface area contributed by atoms with E-state index in [0.29, 0.717) is 35.6 Å². The van der Waals surface area contributed by atoms with Gasteiger partial charge in [0.1, 0.15) is 11.9 Å². The highest BCUT2D eigenvalue weighted by atomic mass is 32.1.